The molecule has 0 saturated heterocycles. The number of benzene rings is 1. The molecule has 0 spiro atoms. The third-order valence-electron chi connectivity index (χ3n) is 3.25. The average Bonchev–Trinajstić information content (AvgIpc) is 2.50. The van der Waals surface area contributed by atoms with Crippen LogP contribution in [0, 0.1) is 18.6 Å². The molecule has 0 bridgehead atoms. The number of carbonyl (C=O) groups is 1. The van der Waals surface area contributed by atoms with Crippen LogP contribution in [0.15, 0.2) is 24.3 Å². The normalized spacial score (nSPS) is 11.9. The van der Waals surface area contributed by atoms with Gasteiger partial charge in [0.25, 0.3) is 5.91 Å². The number of nitrogens with one attached hydrogen (secondary N) is 2. The Hall–Kier alpha value is -2.57. The fourth-order valence-electron chi connectivity index (χ4n) is 1.84. The number of amides is 1. The fourth-order valence-corrected chi connectivity index (χ4v) is 1.84. The lowest BCUT2D eigenvalue weighted by atomic mass is 10.2. The van der Waals surface area contributed by atoms with E-state index >= 15 is 0 Å². The molecule has 0 radical (unpaired) electrons. The summed E-state index contributed by atoms with van der Waals surface area (Å²) < 4.78 is 26.2. The standard InChI is InChI=1S/C16H18F2N4O/c1-4-9(2)19-15(23)14-7-10(3)20-16(22-14)21-11-5-6-12(17)13(18)8-11/h5-9H,4H2,1-3H3,(H,19,23)(H,20,21,22). The molecule has 1 aromatic carbocycles. The third kappa shape index (κ3) is 4.45. The largest absolute Gasteiger partial charge is 0.348 e. The molecule has 2 N–H and O–H groups in total. The summed E-state index contributed by atoms with van der Waals surface area (Å²) in [5.74, 6) is -2.07. The predicted molar refractivity (Wildman–Crippen MR) is 83.6 cm³/mol. The van der Waals surface area contributed by atoms with Gasteiger partial charge in [0.1, 0.15) is 5.69 Å². The maximum absolute atomic E-state index is 13.2. The van der Waals surface area contributed by atoms with Crippen LogP contribution in [0.4, 0.5) is 20.4 Å². The summed E-state index contributed by atoms with van der Waals surface area (Å²) in [6, 6.07) is 4.96. The Morgan fingerprint density at radius 3 is 2.61 bits per heavy atom. The number of aryl methyl sites for hydroxylation is 1. The first-order valence-electron chi connectivity index (χ1n) is 7.27. The first kappa shape index (κ1) is 16.8. The summed E-state index contributed by atoms with van der Waals surface area (Å²) in [5, 5.41) is 5.58. The van der Waals surface area contributed by atoms with Crippen LogP contribution in [-0.2, 0) is 0 Å². The molecule has 0 aliphatic carbocycles. The quantitative estimate of drug-likeness (QED) is 0.887. The second-order valence-electron chi connectivity index (χ2n) is 5.25. The maximum Gasteiger partial charge on any atom is 0.270 e. The Labute approximate surface area is 133 Å². The van der Waals surface area contributed by atoms with E-state index in [0.29, 0.717) is 11.4 Å². The zero-order valence-corrected chi connectivity index (χ0v) is 13.2. The summed E-state index contributed by atoms with van der Waals surface area (Å²) in [5.41, 5.74) is 1.09. The lowest BCUT2D eigenvalue weighted by molar-refractivity contribution is 0.0934. The minimum absolute atomic E-state index is 0.0281. The number of aromatic nitrogens is 2. The van der Waals surface area contributed by atoms with E-state index in [-0.39, 0.29) is 23.6 Å². The van der Waals surface area contributed by atoms with E-state index in [0.717, 1.165) is 18.6 Å². The molecule has 2 rings (SSSR count). The molecule has 0 saturated carbocycles. The van der Waals surface area contributed by atoms with Gasteiger partial charge in [0.2, 0.25) is 5.95 Å². The lowest BCUT2D eigenvalue weighted by Gasteiger charge is -2.12. The van der Waals surface area contributed by atoms with E-state index in [4.69, 9.17) is 0 Å². The Bertz CT molecular complexity index is 721. The van der Waals surface area contributed by atoms with Crippen LogP contribution in [0.2, 0.25) is 0 Å². The molecule has 5 nitrogen and oxygen atoms in total. The average molecular weight is 320 g/mol. The van der Waals surface area contributed by atoms with E-state index < -0.39 is 11.6 Å². The van der Waals surface area contributed by atoms with Crippen molar-refractivity contribution in [3.63, 3.8) is 0 Å². The van der Waals surface area contributed by atoms with Gasteiger partial charge in [-0.3, -0.25) is 4.79 Å². The fraction of sp³-hybridized carbons (Fsp3) is 0.312. The highest BCUT2D eigenvalue weighted by molar-refractivity contribution is 5.92. The summed E-state index contributed by atoms with van der Waals surface area (Å²) in [4.78, 5) is 20.4. The molecular formula is C16H18F2N4O. The first-order chi connectivity index (χ1) is 10.9. The van der Waals surface area contributed by atoms with Gasteiger partial charge < -0.3 is 10.6 Å². The van der Waals surface area contributed by atoms with Crippen molar-refractivity contribution in [2.75, 3.05) is 5.32 Å². The van der Waals surface area contributed by atoms with Crippen molar-refractivity contribution >= 4 is 17.5 Å². The minimum atomic E-state index is -0.975. The molecule has 23 heavy (non-hydrogen) atoms. The molecule has 0 fully saturated rings. The number of hydrogen-bond donors (Lipinski definition) is 2. The van der Waals surface area contributed by atoms with Gasteiger partial charge in [-0.05, 0) is 38.5 Å². The molecular weight excluding hydrogens is 302 g/mol. The number of carbonyl (C=O) groups excluding carboxylic acids is 1. The SMILES string of the molecule is CCC(C)NC(=O)c1cc(C)nc(Nc2ccc(F)c(F)c2)n1. The molecule has 1 aromatic heterocycles. The maximum atomic E-state index is 13.2. The molecule has 0 aliphatic heterocycles. The lowest BCUT2D eigenvalue weighted by Crippen LogP contribution is -2.32. The van der Waals surface area contributed by atoms with Crippen LogP contribution < -0.4 is 10.6 Å². The predicted octanol–water partition coefficient (Wildman–Crippen LogP) is 3.34. The number of hydrogen-bond acceptors (Lipinski definition) is 4. The van der Waals surface area contributed by atoms with Crippen LogP contribution in [0.25, 0.3) is 0 Å². The summed E-state index contributed by atoms with van der Waals surface area (Å²) >= 11 is 0. The highest BCUT2D eigenvalue weighted by Gasteiger charge is 2.13. The summed E-state index contributed by atoms with van der Waals surface area (Å²) in [7, 11) is 0. The minimum Gasteiger partial charge on any atom is -0.348 e. The van der Waals surface area contributed by atoms with E-state index in [2.05, 4.69) is 20.6 Å². The number of rotatable bonds is 5. The van der Waals surface area contributed by atoms with Crippen molar-refractivity contribution in [1.82, 2.24) is 15.3 Å². The van der Waals surface area contributed by atoms with Crippen molar-refractivity contribution in [3.8, 4) is 0 Å². The van der Waals surface area contributed by atoms with Gasteiger partial charge >= 0.3 is 0 Å². The summed E-state index contributed by atoms with van der Waals surface area (Å²) in [6.45, 7) is 5.58. The van der Waals surface area contributed by atoms with Gasteiger partial charge in [0.15, 0.2) is 11.6 Å². The highest BCUT2D eigenvalue weighted by atomic mass is 19.2. The molecule has 1 heterocycles. The molecule has 122 valence electrons. The van der Waals surface area contributed by atoms with Gasteiger partial charge in [-0.1, -0.05) is 6.92 Å². The van der Waals surface area contributed by atoms with Gasteiger partial charge in [0, 0.05) is 23.5 Å². The van der Waals surface area contributed by atoms with Gasteiger partial charge in [-0.15, -0.1) is 0 Å². The Morgan fingerprint density at radius 1 is 1.22 bits per heavy atom. The van der Waals surface area contributed by atoms with Gasteiger partial charge in [-0.2, -0.15) is 0 Å². The molecule has 1 amide bonds. The number of halogens is 2. The van der Waals surface area contributed by atoms with Crippen LogP contribution in [-0.4, -0.2) is 21.9 Å². The highest BCUT2D eigenvalue weighted by Crippen LogP contribution is 2.17. The van der Waals surface area contributed by atoms with Crippen LogP contribution >= 0.6 is 0 Å². The Kier molecular flexibility index (Phi) is 5.20. The van der Waals surface area contributed by atoms with Crippen LogP contribution in [0.5, 0.6) is 0 Å². The Morgan fingerprint density at radius 2 is 1.96 bits per heavy atom. The molecule has 7 heteroatoms. The molecule has 0 aliphatic rings. The van der Waals surface area contributed by atoms with Crippen molar-refractivity contribution in [2.45, 2.75) is 33.2 Å². The summed E-state index contributed by atoms with van der Waals surface area (Å²) in [6.07, 6.45) is 0.801. The van der Waals surface area contributed by atoms with E-state index in [1.165, 1.54) is 6.07 Å². The van der Waals surface area contributed by atoms with Crippen LogP contribution in [0.1, 0.15) is 36.5 Å². The van der Waals surface area contributed by atoms with E-state index in [1.807, 2.05) is 13.8 Å². The number of nitrogens with zero attached hydrogens (tertiary/aromatic N) is 2. The van der Waals surface area contributed by atoms with Crippen molar-refractivity contribution in [2.24, 2.45) is 0 Å². The Balaban J connectivity index is 2.22. The van der Waals surface area contributed by atoms with Gasteiger partial charge in [0.05, 0.1) is 0 Å². The molecule has 1 atom stereocenters. The van der Waals surface area contributed by atoms with Crippen molar-refractivity contribution in [3.05, 3.63) is 47.3 Å². The first-order valence-corrected chi connectivity index (χ1v) is 7.27. The van der Waals surface area contributed by atoms with E-state index in [1.54, 1.807) is 13.0 Å². The second-order valence-corrected chi connectivity index (χ2v) is 5.25. The zero-order valence-electron chi connectivity index (χ0n) is 13.2. The smallest absolute Gasteiger partial charge is 0.270 e. The van der Waals surface area contributed by atoms with E-state index in [9.17, 15) is 13.6 Å². The van der Waals surface area contributed by atoms with Crippen molar-refractivity contribution < 1.29 is 13.6 Å². The van der Waals surface area contributed by atoms with Gasteiger partial charge in [-0.25, -0.2) is 18.7 Å². The van der Waals surface area contributed by atoms with Crippen LogP contribution in [0.3, 0.4) is 0 Å². The second kappa shape index (κ2) is 7.13. The zero-order chi connectivity index (χ0) is 17.0. The monoisotopic (exact) mass is 320 g/mol. The number of anilines is 2. The topological polar surface area (TPSA) is 66.9 Å². The third-order valence-corrected chi connectivity index (χ3v) is 3.25. The molecule has 1 unspecified atom stereocenters. The molecule has 2 aromatic rings. The van der Waals surface area contributed by atoms with Crippen molar-refractivity contribution in [1.29, 1.82) is 0 Å².